The topological polar surface area (TPSA) is 119 Å². The quantitative estimate of drug-likeness (QED) is 0.370. The minimum atomic E-state index is -4.06. The smallest absolute Gasteiger partial charge is 0.247 e. The highest BCUT2D eigenvalue weighted by atomic mass is 32.2. The van der Waals surface area contributed by atoms with Crippen LogP contribution in [0.3, 0.4) is 0 Å². The Morgan fingerprint density at radius 2 is 1.82 bits per heavy atom. The van der Waals surface area contributed by atoms with E-state index in [1.54, 1.807) is 37.0 Å². The van der Waals surface area contributed by atoms with Crippen LogP contribution in [0.4, 0.5) is 11.9 Å². The molecular weight excluding hydrogens is 550 g/mol. The summed E-state index contributed by atoms with van der Waals surface area (Å²) in [7, 11) is -2.65. The molecule has 40 heavy (non-hydrogen) atoms. The van der Waals surface area contributed by atoms with Crippen LogP contribution in [0.5, 0.6) is 11.5 Å². The number of aliphatic hydroxyl groups excluding tert-OH is 1. The molecular formula is C27H41N5O6SSi. The molecule has 4 rings (SSSR count). The summed E-state index contributed by atoms with van der Waals surface area (Å²) in [4.78, 5) is 1.91. The molecule has 220 valence electrons. The van der Waals surface area contributed by atoms with Crippen LogP contribution < -0.4 is 18.7 Å². The van der Waals surface area contributed by atoms with E-state index in [9.17, 15) is 13.5 Å². The molecule has 0 amide bonds. The number of sulfonamides is 1. The van der Waals surface area contributed by atoms with E-state index in [0.717, 1.165) is 5.57 Å². The Labute approximate surface area is 238 Å². The van der Waals surface area contributed by atoms with Gasteiger partial charge in [0.2, 0.25) is 21.9 Å². The number of aliphatic hydroxyl groups is 1. The SMILES string of the molecule is COc1cccc(OC)c1-n1c(N2C=C(C)C=CC2)nnc1N(CC[Si](C)(C)C)S(=O)(=O)C[C@H](O)C1(C)COC1. The third kappa shape index (κ3) is 6.22. The molecule has 1 saturated heterocycles. The minimum absolute atomic E-state index is 0.110. The monoisotopic (exact) mass is 591 g/mol. The van der Waals surface area contributed by atoms with Crippen molar-refractivity contribution in [3.05, 3.63) is 42.1 Å². The van der Waals surface area contributed by atoms with E-state index in [4.69, 9.17) is 14.2 Å². The Morgan fingerprint density at radius 1 is 1.18 bits per heavy atom. The highest BCUT2D eigenvalue weighted by Crippen LogP contribution is 2.40. The summed E-state index contributed by atoms with van der Waals surface area (Å²) in [5, 5.41) is 20.0. The first-order valence-electron chi connectivity index (χ1n) is 13.3. The van der Waals surface area contributed by atoms with Crippen LogP contribution in [0.1, 0.15) is 13.8 Å². The van der Waals surface area contributed by atoms with E-state index in [-0.39, 0.29) is 12.5 Å². The molecule has 0 unspecified atom stereocenters. The molecule has 2 aliphatic heterocycles. The highest BCUT2D eigenvalue weighted by molar-refractivity contribution is 7.92. The number of nitrogens with zero attached hydrogens (tertiary/aromatic N) is 5. The van der Waals surface area contributed by atoms with Gasteiger partial charge in [-0.25, -0.2) is 17.3 Å². The predicted octanol–water partition coefficient (Wildman–Crippen LogP) is 3.44. The lowest BCUT2D eigenvalue weighted by molar-refractivity contribution is -0.154. The first-order valence-corrected chi connectivity index (χ1v) is 18.7. The van der Waals surface area contributed by atoms with Gasteiger partial charge >= 0.3 is 0 Å². The Balaban J connectivity index is 1.92. The minimum Gasteiger partial charge on any atom is -0.494 e. The summed E-state index contributed by atoms with van der Waals surface area (Å²) in [5.74, 6) is 0.997. The van der Waals surface area contributed by atoms with Crippen molar-refractivity contribution in [2.75, 3.05) is 55.5 Å². The number of hydrogen-bond donors (Lipinski definition) is 1. The van der Waals surface area contributed by atoms with Gasteiger partial charge in [0, 0.05) is 32.8 Å². The summed E-state index contributed by atoms with van der Waals surface area (Å²) >= 11 is 0. The number of ether oxygens (including phenoxy) is 3. The largest absolute Gasteiger partial charge is 0.494 e. The zero-order valence-corrected chi connectivity index (χ0v) is 26.2. The third-order valence-electron chi connectivity index (χ3n) is 7.21. The van der Waals surface area contributed by atoms with E-state index in [1.807, 2.05) is 37.1 Å². The van der Waals surface area contributed by atoms with E-state index in [2.05, 4.69) is 29.8 Å². The first kappa shape index (κ1) is 30.1. The zero-order valence-electron chi connectivity index (χ0n) is 24.4. The fraction of sp³-hybridized carbons (Fsp3) is 0.556. The van der Waals surface area contributed by atoms with Crippen molar-refractivity contribution in [2.24, 2.45) is 5.41 Å². The fourth-order valence-electron chi connectivity index (χ4n) is 4.61. The average Bonchev–Trinajstić information content (AvgIpc) is 3.29. The van der Waals surface area contributed by atoms with Crippen molar-refractivity contribution >= 4 is 30.0 Å². The Hall–Kier alpha value is -2.87. The summed E-state index contributed by atoms with van der Waals surface area (Å²) < 4.78 is 48.0. The van der Waals surface area contributed by atoms with Crippen LogP contribution in [-0.2, 0) is 14.8 Å². The standard InChI is InChI=1S/C27H41N5O6SSi/c1-20-10-9-13-30(16-20)25-28-29-26(32(25)24-21(36-3)11-8-12-22(24)37-4)31(14-15-40(5,6)7)39(34,35)17-23(33)27(2)18-38-19-27/h8-12,16,23,33H,13-15,17-19H2,1-7H3/t23-/m0/s1. The number of benzene rings is 1. The lowest BCUT2D eigenvalue weighted by Crippen LogP contribution is -2.53. The average molecular weight is 592 g/mol. The first-order chi connectivity index (χ1) is 18.8. The van der Waals surface area contributed by atoms with Gasteiger partial charge in [0.25, 0.3) is 0 Å². The van der Waals surface area contributed by atoms with Gasteiger partial charge in [-0.15, -0.1) is 10.2 Å². The Bertz CT molecular complexity index is 1360. The van der Waals surface area contributed by atoms with Crippen LogP contribution in [0.25, 0.3) is 5.69 Å². The molecule has 1 atom stereocenters. The molecule has 13 heteroatoms. The number of allylic oxidation sites excluding steroid dienone is 2. The van der Waals surface area contributed by atoms with Crippen molar-refractivity contribution in [1.29, 1.82) is 0 Å². The molecule has 1 aromatic carbocycles. The molecule has 2 aliphatic rings. The van der Waals surface area contributed by atoms with E-state index >= 15 is 0 Å². The van der Waals surface area contributed by atoms with Gasteiger partial charge in [-0.1, -0.05) is 44.8 Å². The maximum atomic E-state index is 14.1. The summed E-state index contributed by atoms with van der Waals surface area (Å²) in [6.45, 7) is 11.7. The normalized spacial score (nSPS) is 17.7. The molecule has 3 heterocycles. The lowest BCUT2D eigenvalue weighted by Gasteiger charge is -2.42. The summed E-state index contributed by atoms with van der Waals surface area (Å²) in [6, 6.07) is 6.05. The number of hydrogen-bond acceptors (Lipinski definition) is 9. The van der Waals surface area contributed by atoms with Gasteiger partial charge in [0.05, 0.1) is 39.3 Å². The molecule has 0 radical (unpaired) electrons. The van der Waals surface area contributed by atoms with Crippen LogP contribution in [-0.4, -0.2) is 88.7 Å². The molecule has 0 saturated carbocycles. The van der Waals surface area contributed by atoms with Crippen LogP contribution >= 0.6 is 0 Å². The van der Waals surface area contributed by atoms with Gasteiger partial charge in [-0.3, -0.25) is 0 Å². The number of methoxy groups -OCH3 is 2. The second-order valence-corrected chi connectivity index (χ2v) is 19.5. The second kappa shape index (κ2) is 11.5. The summed E-state index contributed by atoms with van der Waals surface area (Å²) in [6.07, 6.45) is 4.85. The molecule has 0 bridgehead atoms. The molecule has 1 N–H and O–H groups in total. The van der Waals surface area contributed by atoms with E-state index in [0.29, 0.717) is 48.9 Å². The number of aromatic nitrogens is 3. The van der Waals surface area contributed by atoms with Gasteiger partial charge in [-0.05, 0) is 30.7 Å². The van der Waals surface area contributed by atoms with E-state index < -0.39 is 35.4 Å². The van der Waals surface area contributed by atoms with Crippen LogP contribution in [0, 0.1) is 5.41 Å². The van der Waals surface area contributed by atoms with Crippen LogP contribution in [0.2, 0.25) is 25.7 Å². The van der Waals surface area contributed by atoms with Gasteiger partial charge in [0.15, 0.2) is 0 Å². The van der Waals surface area contributed by atoms with Gasteiger partial charge in [0.1, 0.15) is 17.2 Å². The van der Waals surface area contributed by atoms with Crippen molar-refractivity contribution in [3.8, 4) is 17.2 Å². The summed E-state index contributed by atoms with van der Waals surface area (Å²) in [5.41, 5.74) is 0.873. The number of anilines is 2. The van der Waals surface area contributed by atoms with Crippen molar-refractivity contribution in [1.82, 2.24) is 14.8 Å². The highest BCUT2D eigenvalue weighted by Gasteiger charge is 2.44. The predicted molar refractivity (Wildman–Crippen MR) is 159 cm³/mol. The van der Waals surface area contributed by atoms with Crippen molar-refractivity contribution in [2.45, 2.75) is 45.6 Å². The molecule has 2 aromatic rings. The zero-order chi connectivity index (χ0) is 29.3. The maximum absolute atomic E-state index is 14.1. The maximum Gasteiger partial charge on any atom is 0.247 e. The van der Waals surface area contributed by atoms with Gasteiger partial charge in [-0.2, -0.15) is 0 Å². The molecule has 1 aromatic heterocycles. The van der Waals surface area contributed by atoms with Crippen molar-refractivity contribution < 1.29 is 27.7 Å². The van der Waals surface area contributed by atoms with Crippen molar-refractivity contribution in [3.63, 3.8) is 0 Å². The van der Waals surface area contributed by atoms with Crippen LogP contribution in [0.15, 0.2) is 42.1 Å². The number of rotatable bonds is 12. The second-order valence-electron chi connectivity index (χ2n) is 11.9. The molecule has 0 aliphatic carbocycles. The fourth-order valence-corrected chi connectivity index (χ4v) is 7.38. The lowest BCUT2D eigenvalue weighted by atomic mass is 9.83. The van der Waals surface area contributed by atoms with E-state index in [1.165, 1.54) is 4.31 Å². The van der Waals surface area contributed by atoms with Gasteiger partial charge < -0.3 is 24.2 Å². The molecule has 1 fully saturated rings. The Morgan fingerprint density at radius 3 is 2.35 bits per heavy atom. The number of para-hydroxylation sites is 1. The molecule has 11 nitrogen and oxygen atoms in total. The third-order valence-corrected chi connectivity index (χ3v) is 10.7. The Kier molecular flexibility index (Phi) is 8.69. The molecule has 0 spiro atoms.